The smallest absolute Gasteiger partial charge is 0.270 e. The number of hydrogen-bond donors (Lipinski definition) is 1. The lowest BCUT2D eigenvalue weighted by atomic mass is 10.1. The van der Waals surface area contributed by atoms with Crippen molar-refractivity contribution in [2.75, 3.05) is 6.54 Å². The highest BCUT2D eigenvalue weighted by molar-refractivity contribution is 5.92. The summed E-state index contributed by atoms with van der Waals surface area (Å²) in [6.07, 6.45) is 1.03. The molecule has 0 aliphatic carbocycles. The number of carbonyl (C=O) groups excluding carboxylic acids is 1. The van der Waals surface area contributed by atoms with Crippen LogP contribution < -0.4 is 5.56 Å². The van der Waals surface area contributed by atoms with Crippen molar-refractivity contribution in [2.45, 2.75) is 26.3 Å². The molecule has 0 spiro atoms. The Kier molecular flexibility index (Phi) is 2.81. The van der Waals surface area contributed by atoms with E-state index in [-0.39, 0.29) is 17.5 Å². The molecule has 4 heteroatoms. The molecule has 0 radical (unpaired) electrons. The normalized spacial score (nSPS) is 24.8. The van der Waals surface area contributed by atoms with E-state index in [1.807, 2.05) is 11.8 Å². The van der Waals surface area contributed by atoms with Crippen molar-refractivity contribution in [3.05, 3.63) is 34.2 Å². The number of aromatic nitrogens is 1. The second kappa shape index (κ2) is 4.12. The number of likely N-dealkylation sites (tertiary alicyclic amines) is 1. The Hall–Kier alpha value is -1.58. The van der Waals surface area contributed by atoms with Crippen molar-refractivity contribution in [3.8, 4) is 0 Å². The van der Waals surface area contributed by atoms with Gasteiger partial charge in [0.2, 0.25) is 5.56 Å². The minimum atomic E-state index is -0.231. The van der Waals surface area contributed by atoms with Gasteiger partial charge in [0.25, 0.3) is 5.91 Å². The first-order valence-electron chi connectivity index (χ1n) is 5.58. The van der Waals surface area contributed by atoms with E-state index in [4.69, 9.17) is 0 Å². The lowest BCUT2D eigenvalue weighted by molar-refractivity contribution is 0.0737. The van der Waals surface area contributed by atoms with Crippen molar-refractivity contribution in [2.24, 2.45) is 5.92 Å². The zero-order valence-electron chi connectivity index (χ0n) is 9.56. The van der Waals surface area contributed by atoms with E-state index in [0.717, 1.165) is 13.0 Å². The second-order valence-corrected chi connectivity index (χ2v) is 4.58. The first kappa shape index (κ1) is 10.9. The molecule has 2 atom stereocenters. The number of nitrogens with zero attached hydrogens (tertiary/aromatic N) is 1. The standard InChI is InChI=1S/C12H16N2O2/c1-8-6-9(2)14(7-8)12(16)10-4-3-5-11(15)13-10/h3-5,8-9H,6-7H2,1-2H3,(H,13,15). The zero-order chi connectivity index (χ0) is 11.7. The fourth-order valence-electron chi connectivity index (χ4n) is 2.31. The number of pyridine rings is 1. The summed E-state index contributed by atoms with van der Waals surface area (Å²) in [4.78, 5) is 27.6. The monoisotopic (exact) mass is 220 g/mol. The van der Waals surface area contributed by atoms with E-state index in [2.05, 4.69) is 11.9 Å². The molecule has 1 fully saturated rings. The highest BCUT2D eigenvalue weighted by Crippen LogP contribution is 2.23. The van der Waals surface area contributed by atoms with Gasteiger partial charge in [-0.25, -0.2) is 0 Å². The lowest BCUT2D eigenvalue weighted by Gasteiger charge is -2.21. The molecule has 0 bridgehead atoms. The Balaban J connectivity index is 2.23. The SMILES string of the molecule is CC1CC(C)N(C(=O)c2cccc(=O)[nH]2)C1. The average molecular weight is 220 g/mol. The summed E-state index contributed by atoms with van der Waals surface area (Å²) in [5, 5.41) is 0. The number of H-pyrrole nitrogens is 1. The maximum atomic E-state index is 12.1. The number of nitrogens with one attached hydrogen (secondary N) is 1. The number of carbonyl (C=O) groups is 1. The van der Waals surface area contributed by atoms with Gasteiger partial charge in [-0.2, -0.15) is 0 Å². The molecule has 1 aliphatic rings. The van der Waals surface area contributed by atoms with E-state index in [1.54, 1.807) is 12.1 Å². The highest BCUT2D eigenvalue weighted by atomic mass is 16.2. The van der Waals surface area contributed by atoms with Gasteiger partial charge in [-0.15, -0.1) is 0 Å². The van der Waals surface area contributed by atoms with Gasteiger partial charge in [0, 0.05) is 18.7 Å². The molecule has 1 aromatic rings. The molecule has 2 unspecified atom stereocenters. The highest BCUT2D eigenvalue weighted by Gasteiger charge is 2.30. The molecule has 1 N–H and O–H groups in total. The van der Waals surface area contributed by atoms with Crippen LogP contribution in [0.1, 0.15) is 30.8 Å². The third-order valence-corrected chi connectivity index (χ3v) is 3.04. The van der Waals surface area contributed by atoms with Crippen LogP contribution in [0.15, 0.2) is 23.0 Å². The van der Waals surface area contributed by atoms with Crippen LogP contribution in [-0.4, -0.2) is 28.4 Å². The van der Waals surface area contributed by atoms with Crippen molar-refractivity contribution < 1.29 is 4.79 Å². The van der Waals surface area contributed by atoms with Crippen LogP contribution in [0.5, 0.6) is 0 Å². The maximum Gasteiger partial charge on any atom is 0.270 e. The quantitative estimate of drug-likeness (QED) is 0.774. The lowest BCUT2D eigenvalue weighted by Crippen LogP contribution is -2.35. The number of aromatic amines is 1. The molecule has 4 nitrogen and oxygen atoms in total. The number of rotatable bonds is 1. The molecule has 2 rings (SSSR count). The van der Waals surface area contributed by atoms with E-state index in [9.17, 15) is 9.59 Å². The summed E-state index contributed by atoms with van der Waals surface area (Å²) in [7, 11) is 0. The Morgan fingerprint density at radius 1 is 1.44 bits per heavy atom. The minimum absolute atomic E-state index is 0.0745. The third-order valence-electron chi connectivity index (χ3n) is 3.04. The van der Waals surface area contributed by atoms with Gasteiger partial charge in [-0.05, 0) is 25.3 Å². The van der Waals surface area contributed by atoms with Gasteiger partial charge in [0.05, 0.1) is 0 Å². The van der Waals surface area contributed by atoms with Crippen LogP contribution >= 0.6 is 0 Å². The molecule has 86 valence electrons. The van der Waals surface area contributed by atoms with Gasteiger partial charge in [0.1, 0.15) is 5.69 Å². The van der Waals surface area contributed by atoms with E-state index in [0.29, 0.717) is 11.6 Å². The number of amides is 1. The van der Waals surface area contributed by atoms with Crippen LogP contribution in [0.4, 0.5) is 0 Å². The molecule has 1 saturated heterocycles. The van der Waals surface area contributed by atoms with Gasteiger partial charge in [-0.1, -0.05) is 13.0 Å². The summed E-state index contributed by atoms with van der Waals surface area (Å²) in [5.74, 6) is 0.462. The molecule has 1 aliphatic heterocycles. The van der Waals surface area contributed by atoms with Crippen molar-refractivity contribution >= 4 is 5.91 Å². The van der Waals surface area contributed by atoms with Crippen LogP contribution in [0.3, 0.4) is 0 Å². The van der Waals surface area contributed by atoms with Gasteiger partial charge in [-0.3, -0.25) is 9.59 Å². The molecule has 2 heterocycles. The third kappa shape index (κ3) is 2.01. The van der Waals surface area contributed by atoms with Gasteiger partial charge in [0.15, 0.2) is 0 Å². The summed E-state index contributed by atoms with van der Waals surface area (Å²) >= 11 is 0. The Morgan fingerprint density at radius 2 is 2.19 bits per heavy atom. The van der Waals surface area contributed by atoms with Gasteiger partial charge >= 0.3 is 0 Å². The Morgan fingerprint density at radius 3 is 2.75 bits per heavy atom. The molecular formula is C12H16N2O2. The summed E-state index contributed by atoms with van der Waals surface area (Å²) in [5.41, 5.74) is 0.152. The molecule has 16 heavy (non-hydrogen) atoms. The van der Waals surface area contributed by atoms with E-state index < -0.39 is 0 Å². The number of hydrogen-bond acceptors (Lipinski definition) is 2. The van der Waals surface area contributed by atoms with Crippen molar-refractivity contribution in [1.29, 1.82) is 0 Å². The summed E-state index contributed by atoms with van der Waals surface area (Å²) in [6.45, 7) is 4.96. The molecule has 0 aromatic carbocycles. The Labute approximate surface area is 94.3 Å². The van der Waals surface area contributed by atoms with E-state index >= 15 is 0 Å². The van der Waals surface area contributed by atoms with Crippen molar-refractivity contribution in [3.63, 3.8) is 0 Å². The summed E-state index contributed by atoms with van der Waals surface area (Å²) in [6, 6.07) is 4.92. The fraction of sp³-hybridized carbons (Fsp3) is 0.500. The molecule has 0 saturated carbocycles. The first-order valence-corrected chi connectivity index (χ1v) is 5.58. The predicted octanol–water partition coefficient (Wildman–Crippen LogP) is 1.25. The maximum absolute atomic E-state index is 12.1. The zero-order valence-corrected chi connectivity index (χ0v) is 9.56. The minimum Gasteiger partial charge on any atom is -0.334 e. The van der Waals surface area contributed by atoms with Crippen LogP contribution in [0.25, 0.3) is 0 Å². The summed E-state index contributed by atoms with van der Waals surface area (Å²) < 4.78 is 0. The van der Waals surface area contributed by atoms with Crippen LogP contribution in [0.2, 0.25) is 0 Å². The molecule has 1 aromatic heterocycles. The Bertz CT molecular complexity index is 452. The second-order valence-electron chi connectivity index (χ2n) is 4.58. The fourth-order valence-corrected chi connectivity index (χ4v) is 2.31. The van der Waals surface area contributed by atoms with E-state index in [1.165, 1.54) is 6.07 Å². The van der Waals surface area contributed by atoms with Crippen molar-refractivity contribution in [1.82, 2.24) is 9.88 Å². The molecule has 1 amide bonds. The average Bonchev–Trinajstić information content (AvgIpc) is 2.57. The predicted molar refractivity (Wildman–Crippen MR) is 61.3 cm³/mol. The van der Waals surface area contributed by atoms with Gasteiger partial charge < -0.3 is 9.88 Å². The first-order chi connectivity index (χ1) is 7.58. The van der Waals surface area contributed by atoms with Crippen LogP contribution in [0, 0.1) is 5.92 Å². The largest absolute Gasteiger partial charge is 0.334 e. The van der Waals surface area contributed by atoms with Crippen LogP contribution in [-0.2, 0) is 0 Å². The molecular weight excluding hydrogens is 204 g/mol. The topological polar surface area (TPSA) is 53.2 Å².